The topological polar surface area (TPSA) is 42.2 Å². The van der Waals surface area contributed by atoms with Gasteiger partial charge < -0.3 is 5.73 Å². The molecule has 0 aliphatic heterocycles. The Labute approximate surface area is 110 Å². The molecule has 2 unspecified atom stereocenters. The van der Waals surface area contributed by atoms with E-state index in [1.807, 2.05) is 18.5 Å². The summed E-state index contributed by atoms with van der Waals surface area (Å²) in [6, 6.07) is 4.98. The lowest BCUT2D eigenvalue weighted by molar-refractivity contribution is 0.174. The first kappa shape index (κ1) is 13.5. The first-order chi connectivity index (χ1) is 8.77. The van der Waals surface area contributed by atoms with Crippen LogP contribution in [-0.4, -0.2) is 29.0 Å². The van der Waals surface area contributed by atoms with Gasteiger partial charge in [0.1, 0.15) is 0 Å². The monoisotopic (exact) mass is 247 g/mol. The Bertz CT molecular complexity index is 339. The minimum Gasteiger partial charge on any atom is -0.326 e. The van der Waals surface area contributed by atoms with Crippen molar-refractivity contribution in [3.63, 3.8) is 0 Å². The van der Waals surface area contributed by atoms with Crippen molar-refractivity contribution >= 4 is 0 Å². The van der Waals surface area contributed by atoms with Crippen LogP contribution in [0.2, 0.25) is 0 Å². The van der Waals surface area contributed by atoms with Crippen molar-refractivity contribution < 1.29 is 0 Å². The predicted molar refractivity (Wildman–Crippen MR) is 75.2 cm³/mol. The Morgan fingerprint density at radius 1 is 1.28 bits per heavy atom. The predicted octanol–water partition coefficient (Wildman–Crippen LogP) is 2.56. The molecule has 0 radical (unpaired) electrons. The van der Waals surface area contributed by atoms with Crippen molar-refractivity contribution in [1.82, 2.24) is 9.88 Å². The van der Waals surface area contributed by atoms with Crippen LogP contribution in [0, 0.1) is 0 Å². The molecule has 3 nitrogen and oxygen atoms in total. The molecular formula is C15H25N3. The second kappa shape index (κ2) is 6.86. The van der Waals surface area contributed by atoms with E-state index in [2.05, 4.69) is 23.0 Å². The van der Waals surface area contributed by atoms with Crippen molar-refractivity contribution in [1.29, 1.82) is 0 Å². The van der Waals surface area contributed by atoms with Crippen LogP contribution in [0.15, 0.2) is 24.5 Å². The van der Waals surface area contributed by atoms with Crippen LogP contribution in [0.1, 0.15) is 44.1 Å². The molecule has 1 aliphatic carbocycles. The number of nitrogens with zero attached hydrogens (tertiary/aromatic N) is 2. The third-order valence-electron chi connectivity index (χ3n) is 4.00. The molecule has 2 atom stereocenters. The SMILES string of the molecule is CN(Cc1cccnc1)C1CCCCCCC1N. The summed E-state index contributed by atoms with van der Waals surface area (Å²) in [4.78, 5) is 6.59. The second-order valence-corrected chi connectivity index (χ2v) is 5.50. The molecule has 1 aromatic heterocycles. The summed E-state index contributed by atoms with van der Waals surface area (Å²) < 4.78 is 0. The molecule has 1 fully saturated rings. The number of hydrogen-bond donors (Lipinski definition) is 1. The van der Waals surface area contributed by atoms with E-state index in [4.69, 9.17) is 5.73 Å². The standard InChI is InChI=1S/C15H25N3/c1-18(12-13-7-6-10-17-11-13)15-9-5-3-2-4-8-14(15)16/h6-7,10-11,14-15H,2-5,8-9,12,16H2,1H3. The van der Waals surface area contributed by atoms with Crippen LogP contribution in [0.25, 0.3) is 0 Å². The van der Waals surface area contributed by atoms with Gasteiger partial charge in [-0.2, -0.15) is 0 Å². The zero-order valence-corrected chi connectivity index (χ0v) is 11.4. The van der Waals surface area contributed by atoms with Gasteiger partial charge in [0.05, 0.1) is 0 Å². The maximum Gasteiger partial charge on any atom is 0.0312 e. The highest BCUT2D eigenvalue weighted by molar-refractivity contribution is 5.08. The molecule has 1 aliphatic rings. The van der Waals surface area contributed by atoms with E-state index in [0.717, 1.165) is 6.54 Å². The first-order valence-electron chi connectivity index (χ1n) is 7.12. The van der Waals surface area contributed by atoms with Gasteiger partial charge in [-0.25, -0.2) is 0 Å². The maximum absolute atomic E-state index is 6.35. The van der Waals surface area contributed by atoms with Gasteiger partial charge in [0.25, 0.3) is 0 Å². The highest BCUT2D eigenvalue weighted by atomic mass is 15.1. The molecular weight excluding hydrogens is 222 g/mol. The van der Waals surface area contributed by atoms with Crippen molar-refractivity contribution in [2.75, 3.05) is 7.05 Å². The zero-order chi connectivity index (χ0) is 12.8. The third kappa shape index (κ3) is 3.79. The van der Waals surface area contributed by atoms with Crippen LogP contribution in [-0.2, 0) is 6.54 Å². The Kier molecular flexibility index (Phi) is 5.14. The van der Waals surface area contributed by atoms with Gasteiger partial charge in [-0.3, -0.25) is 9.88 Å². The largest absolute Gasteiger partial charge is 0.326 e. The molecule has 2 rings (SSSR count). The van der Waals surface area contributed by atoms with Gasteiger partial charge >= 0.3 is 0 Å². The lowest BCUT2D eigenvalue weighted by atomic mass is 9.92. The molecule has 2 N–H and O–H groups in total. The Hall–Kier alpha value is -0.930. The van der Waals surface area contributed by atoms with E-state index in [9.17, 15) is 0 Å². The number of hydrogen-bond acceptors (Lipinski definition) is 3. The van der Waals surface area contributed by atoms with E-state index in [1.54, 1.807) is 0 Å². The maximum atomic E-state index is 6.35. The number of aromatic nitrogens is 1. The molecule has 3 heteroatoms. The average molecular weight is 247 g/mol. The fourth-order valence-electron chi connectivity index (χ4n) is 2.94. The molecule has 1 heterocycles. The average Bonchev–Trinajstić information content (AvgIpc) is 2.35. The molecule has 0 bridgehead atoms. The Morgan fingerprint density at radius 2 is 2.06 bits per heavy atom. The van der Waals surface area contributed by atoms with E-state index < -0.39 is 0 Å². The summed E-state index contributed by atoms with van der Waals surface area (Å²) in [7, 11) is 2.19. The third-order valence-corrected chi connectivity index (χ3v) is 4.00. The highest BCUT2D eigenvalue weighted by Crippen LogP contribution is 2.21. The van der Waals surface area contributed by atoms with E-state index in [0.29, 0.717) is 12.1 Å². The van der Waals surface area contributed by atoms with Gasteiger partial charge in [0.2, 0.25) is 0 Å². The minimum absolute atomic E-state index is 0.326. The quantitative estimate of drug-likeness (QED) is 0.892. The number of likely N-dealkylation sites (N-methyl/N-ethyl adjacent to an activating group) is 1. The van der Waals surface area contributed by atoms with Gasteiger partial charge in [-0.1, -0.05) is 31.7 Å². The number of rotatable bonds is 3. The van der Waals surface area contributed by atoms with Crippen molar-refractivity contribution in [3.8, 4) is 0 Å². The molecule has 1 aromatic rings. The van der Waals surface area contributed by atoms with Gasteiger partial charge in [-0.05, 0) is 31.5 Å². The van der Waals surface area contributed by atoms with Gasteiger partial charge in [-0.15, -0.1) is 0 Å². The van der Waals surface area contributed by atoms with Crippen LogP contribution < -0.4 is 5.73 Å². The minimum atomic E-state index is 0.326. The smallest absolute Gasteiger partial charge is 0.0312 e. The normalized spacial score (nSPS) is 25.7. The fourth-order valence-corrected chi connectivity index (χ4v) is 2.94. The van der Waals surface area contributed by atoms with Crippen LogP contribution >= 0.6 is 0 Å². The lowest BCUT2D eigenvalue weighted by Gasteiger charge is -2.34. The molecule has 0 aromatic carbocycles. The van der Waals surface area contributed by atoms with Crippen LogP contribution in [0.3, 0.4) is 0 Å². The summed E-state index contributed by atoms with van der Waals surface area (Å²) in [5.41, 5.74) is 7.62. The molecule has 0 amide bonds. The van der Waals surface area contributed by atoms with Gasteiger partial charge in [0, 0.05) is 31.0 Å². The van der Waals surface area contributed by atoms with Crippen molar-refractivity contribution in [3.05, 3.63) is 30.1 Å². The molecule has 0 spiro atoms. The Balaban J connectivity index is 1.95. The zero-order valence-electron chi connectivity index (χ0n) is 11.4. The summed E-state index contributed by atoms with van der Waals surface area (Å²) in [6.07, 6.45) is 11.5. The van der Waals surface area contributed by atoms with Crippen molar-refractivity contribution in [2.45, 2.75) is 57.2 Å². The summed E-state index contributed by atoms with van der Waals surface area (Å²) in [5, 5.41) is 0. The Morgan fingerprint density at radius 3 is 2.78 bits per heavy atom. The molecule has 100 valence electrons. The molecule has 18 heavy (non-hydrogen) atoms. The molecule has 1 saturated carbocycles. The summed E-state index contributed by atoms with van der Waals surface area (Å²) in [6.45, 7) is 0.951. The van der Waals surface area contributed by atoms with Crippen LogP contribution in [0.4, 0.5) is 0 Å². The summed E-state index contributed by atoms with van der Waals surface area (Å²) >= 11 is 0. The van der Waals surface area contributed by atoms with E-state index >= 15 is 0 Å². The van der Waals surface area contributed by atoms with Crippen LogP contribution in [0.5, 0.6) is 0 Å². The first-order valence-corrected chi connectivity index (χ1v) is 7.12. The van der Waals surface area contributed by atoms with E-state index in [-0.39, 0.29) is 0 Å². The molecule has 0 saturated heterocycles. The number of pyridine rings is 1. The lowest BCUT2D eigenvalue weighted by Crippen LogP contribution is -2.46. The van der Waals surface area contributed by atoms with Gasteiger partial charge in [0.15, 0.2) is 0 Å². The second-order valence-electron chi connectivity index (χ2n) is 5.50. The highest BCUT2D eigenvalue weighted by Gasteiger charge is 2.23. The summed E-state index contributed by atoms with van der Waals surface area (Å²) in [5.74, 6) is 0. The van der Waals surface area contributed by atoms with E-state index in [1.165, 1.54) is 44.1 Å². The number of nitrogens with two attached hydrogens (primary N) is 1. The van der Waals surface area contributed by atoms with Crippen molar-refractivity contribution in [2.24, 2.45) is 5.73 Å². The fraction of sp³-hybridized carbons (Fsp3) is 0.667.